The van der Waals surface area contributed by atoms with Crippen LogP contribution in [0.15, 0.2) is 12.4 Å². The Hall–Kier alpha value is -1.36. The molecule has 0 aromatic carbocycles. The van der Waals surface area contributed by atoms with E-state index in [2.05, 4.69) is 33.2 Å². The molecule has 0 aliphatic carbocycles. The molecule has 5 nitrogen and oxygen atoms in total. The fourth-order valence-corrected chi connectivity index (χ4v) is 4.57. The largest absolute Gasteiger partial charge is 0.338 e. The van der Waals surface area contributed by atoms with Crippen LogP contribution in [0.2, 0.25) is 0 Å². The summed E-state index contributed by atoms with van der Waals surface area (Å²) < 4.78 is 2.15. The van der Waals surface area contributed by atoms with Crippen LogP contribution in [0.25, 0.3) is 0 Å². The normalized spacial score (nSPS) is 23.6. The van der Waals surface area contributed by atoms with Crippen LogP contribution in [-0.2, 0) is 17.8 Å². The number of nitrogens with zero attached hydrogens (tertiary/aromatic N) is 4. The summed E-state index contributed by atoms with van der Waals surface area (Å²) in [5.74, 6) is 1.42. The lowest BCUT2D eigenvalue weighted by molar-refractivity contribution is -0.139. The van der Waals surface area contributed by atoms with Crippen LogP contribution in [0.3, 0.4) is 0 Å². The van der Waals surface area contributed by atoms with Crippen molar-refractivity contribution in [1.82, 2.24) is 19.4 Å². The van der Waals surface area contributed by atoms with Crippen molar-refractivity contribution in [3.63, 3.8) is 0 Å². The number of likely N-dealkylation sites (tertiary alicyclic amines) is 2. The predicted octanol–water partition coefficient (Wildman–Crippen LogP) is 3.34. The highest BCUT2D eigenvalue weighted by Crippen LogP contribution is 2.22. The van der Waals surface area contributed by atoms with Gasteiger partial charge in [-0.1, -0.05) is 26.7 Å². The van der Waals surface area contributed by atoms with Crippen LogP contribution in [0, 0.1) is 5.92 Å². The summed E-state index contributed by atoms with van der Waals surface area (Å²) in [5.41, 5.74) is 0. The molecule has 5 heteroatoms. The lowest BCUT2D eigenvalue weighted by atomic mass is 9.98. The molecule has 0 spiro atoms. The second-order valence-electron chi connectivity index (χ2n) is 8.15. The molecule has 2 saturated heterocycles. The minimum absolute atomic E-state index is 0.0132. The second kappa shape index (κ2) is 9.54. The lowest BCUT2D eigenvalue weighted by Gasteiger charge is -2.40. The van der Waals surface area contributed by atoms with Crippen LogP contribution in [0.1, 0.15) is 64.6 Å². The van der Waals surface area contributed by atoms with E-state index in [0.29, 0.717) is 11.9 Å². The number of aryl methyl sites for hydroxylation is 1. The van der Waals surface area contributed by atoms with Crippen molar-refractivity contribution in [2.45, 2.75) is 77.8 Å². The molecule has 0 N–H and O–H groups in total. The van der Waals surface area contributed by atoms with Gasteiger partial charge in [0.2, 0.25) is 5.91 Å². The van der Waals surface area contributed by atoms with Gasteiger partial charge in [0, 0.05) is 44.5 Å². The Labute approximate surface area is 158 Å². The minimum Gasteiger partial charge on any atom is -0.338 e. The van der Waals surface area contributed by atoms with Crippen LogP contribution < -0.4 is 0 Å². The summed E-state index contributed by atoms with van der Waals surface area (Å²) in [6, 6.07) is 0.408. The fourth-order valence-electron chi connectivity index (χ4n) is 4.57. The number of aromatic nitrogens is 2. The number of rotatable bonds is 6. The number of carbonyl (C=O) groups excluding carboxylic acids is 1. The van der Waals surface area contributed by atoms with Gasteiger partial charge >= 0.3 is 0 Å². The Kier molecular flexibility index (Phi) is 7.12. The molecule has 2 fully saturated rings. The van der Waals surface area contributed by atoms with Gasteiger partial charge < -0.3 is 14.4 Å². The lowest BCUT2D eigenvalue weighted by Crippen LogP contribution is -2.51. The van der Waals surface area contributed by atoms with Gasteiger partial charge in [-0.2, -0.15) is 0 Å². The number of piperidine rings is 1. The standard InChI is InChI=1S/C21H36N4O/c1-3-20-22-11-15-24(20)16-18(2)21(26)25-14-9-6-10-19(25)17-23-12-7-4-5-8-13-23/h11,15,18-19H,3-10,12-14,16-17H2,1-2H3. The maximum absolute atomic E-state index is 13.2. The van der Waals surface area contributed by atoms with E-state index in [1.165, 1.54) is 51.6 Å². The van der Waals surface area contributed by atoms with Gasteiger partial charge in [0.15, 0.2) is 0 Å². The highest BCUT2D eigenvalue weighted by Gasteiger charge is 2.31. The maximum atomic E-state index is 13.2. The summed E-state index contributed by atoms with van der Waals surface area (Å²) in [7, 11) is 0. The minimum atomic E-state index is 0.0132. The van der Waals surface area contributed by atoms with Crippen molar-refractivity contribution >= 4 is 5.91 Å². The Balaban J connectivity index is 1.61. The molecule has 146 valence electrons. The van der Waals surface area contributed by atoms with Crippen molar-refractivity contribution < 1.29 is 4.79 Å². The monoisotopic (exact) mass is 360 g/mol. The molecule has 2 aliphatic heterocycles. The summed E-state index contributed by atoms with van der Waals surface area (Å²) >= 11 is 0. The van der Waals surface area contributed by atoms with Crippen molar-refractivity contribution in [3.05, 3.63) is 18.2 Å². The SMILES string of the molecule is CCc1nccn1CC(C)C(=O)N1CCCCC1CN1CCCCCC1. The van der Waals surface area contributed by atoms with E-state index >= 15 is 0 Å². The molecule has 0 saturated carbocycles. The van der Waals surface area contributed by atoms with Crippen LogP contribution in [0.4, 0.5) is 0 Å². The summed E-state index contributed by atoms with van der Waals surface area (Å²) in [6.07, 6.45) is 13.7. The first-order chi connectivity index (χ1) is 12.7. The van der Waals surface area contributed by atoms with Gasteiger partial charge in [-0.05, 0) is 45.2 Å². The van der Waals surface area contributed by atoms with Crippen molar-refractivity contribution in [3.8, 4) is 0 Å². The number of hydrogen-bond acceptors (Lipinski definition) is 3. The first kappa shape index (κ1) is 19.4. The topological polar surface area (TPSA) is 41.4 Å². The third kappa shape index (κ3) is 4.87. The second-order valence-corrected chi connectivity index (χ2v) is 8.15. The molecule has 2 unspecified atom stereocenters. The van der Waals surface area contributed by atoms with Gasteiger partial charge in [0.1, 0.15) is 5.82 Å². The molecule has 3 heterocycles. The molecule has 1 aromatic heterocycles. The number of imidazole rings is 1. The summed E-state index contributed by atoms with van der Waals surface area (Å²) in [6.45, 7) is 9.38. The average Bonchev–Trinajstić information content (AvgIpc) is 2.95. The predicted molar refractivity (Wildman–Crippen MR) is 105 cm³/mol. The molecule has 2 aliphatic rings. The van der Waals surface area contributed by atoms with Gasteiger partial charge in [-0.3, -0.25) is 4.79 Å². The van der Waals surface area contributed by atoms with Crippen LogP contribution in [-0.4, -0.2) is 57.5 Å². The number of carbonyl (C=O) groups is 1. The first-order valence-electron chi connectivity index (χ1n) is 10.7. The quantitative estimate of drug-likeness (QED) is 0.781. The molecular weight excluding hydrogens is 324 g/mol. The van der Waals surface area contributed by atoms with E-state index in [4.69, 9.17) is 0 Å². The van der Waals surface area contributed by atoms with E-state index in [1.807, 2.05) is 12.4 Å². The first-order valence-corrected chi connectivity index (χ1v) is 10.7. The van der Waals surface area contributed by atoms with Crippen molar-refractivity contribution in [2.24, 2.45) is 5.92 Å². The van der Waals surface area contributed by atoms with Crippen molar-refractivity contribution in [2.75, 3.05) is 26.2 Å². The van der Waals surface area contributed by atoms with Crippen LogP contribution in [0.5, 0.6) is 0 Å². The van der Waals surface area contributed by atoms with E-state index in [-0.39, 0.29) is 5.92 Å². The zero-order valence-corrected chi connectivity index (χ0v) is 16.7. The summed E-state index contributed by atoms with van der Waals surface area (Å²) in [4.78, 5) is 22.4. The molecule has 1 amide bonds. The van der Waals surface area contributed by atoms with Gasteiger partial charge in [0.25, 0.3) is 0 Å². The molecule has 2 atom stereocenters. The molecule has 1 aromatic rings. The van der Waals surface area contributed by atoms with E-state index < -0.39 is 0 Å². The highest BCUT2D eigenvalue weighted by molar-refractivity contribution is 5.79. The van der Waals surface area contributed by atoms with Gasteiger partial charge in [-0.15, -0.1) is 0 Å². The van der Waals surface area contributed by atoms with Crippen molar-refractivity contribution in [1.29, 1.82) is 0 Å². The van der Waals surface area contributed by atoms with Gasteiger partial charge in [0.05, 0.1) is 5.92 Å². The highest BCUT2D eigenvalue weighted by atomic mass is 16.2. The average molecular weight is 361 g/mol. The maximum Gasteiger partial charge on any atom is 0.227 e. The Morgan fingerprint density at radius 1 is 1.15 bits per heavy atom. The number of hydrogen-bond donors (Lipinski definition) is 0. The van der Waals surface area contributed by atoms with E-state index in [9.17, 15) is 4.79 Å². The Bertz CT molecular complexity index is 562. The zero-order valence-electron chi connectivity index (χ0n) is 16.7. The zero-order chi connectivity index (χ0) is 18.4. The third-order valence-electron chi connectivity index (χ3n) is 6.09. The Morgan fingerprint density at radius 3 is 2.62 bits per heavy atom. The molecule has 3 rings (SSSR count). The van der Waals surface area contributed by atoms with E-state index in [1.54, 1.807) is 0 Å². The fraction of sp³-hybridized carbons (Fsp3) is 0.810. The molecule has 0 bridgehead atoms. The molecule has 0 radical (unpaired) electrons. The Morgan fingerprint density at radius 2 is 1.88 bits per heavy atom. The third-order valence-corrected chi connectivity index (χ3v) is 6.09. The molecule has 26 heavy (non-hydrogen) atoms. The van der Waals surface area contributed by atoms with Gasteiger partial charge in [-0.25, -0.2) is 4.98 Å². The summed E-state index contributed by atoms with van der Waals surface area (Å²) in [5, 5.41) is 0. The van der Waals surface area contributed by atoms with E-state index in [0.717, 1.165) is 38.3 Å². The van der Waals surface area contributed by atoms with Crippen LogP contribution >= 0.6 is 0 Å². The smallest absolute Gasteiger partial charge is 0.227 e. The number of amides is 1. The molecular formula is C21H36N4O.